The highest BCUT2D eigenvalue weighted by molar-refractivity contribution is 7.08. The van der Waals surface area contributed by atoms with Gasteiger partial charge in [0.25, 0.3) is 0 Å². The topological polar surface area (TPSA) is 23.6 Å². The van der Waals surface area contributed by atoms with E-state index in [0.717, 1.165) is 32.6 Å². The van der Waals surface area contributed by atoms with Gasteiger partial charge < -0.3 is 4.90 Å². The molecule has 0 spiro atoms. The summed E-state index contributed by atoms with van der Waals surface area (Å²) >= 11 is 1.76. The van der Waals surface area contributed by atoms with Crippen LogP contribution in [0.5, 0.6) is 0 Å². The molecule has 0 radical (unpaired) electrons. The Labute approximate surface area is 154 Å². The van der Waals surface area contributed by atoms with Crippen molar-refractivity contribution in [1.82, 2.24) is 9.80 Å². The van der Waals surface area contributed by atoms with Crippen molar-refractivity contribution >= 4 is 17.2 Å². The third-order valence-corrected chi connectivity index (χ3v) is 6.75. The zero-order chi connectivity index (χ0) is 17.4. The van der Waals surface area contributed by atoms with E-state index in [1.807, 2.05) is 0 Å². The van der Waals surface area contributed by atoms with Crippen LogP contribution in [0, 0.1) is 12.8 Å². The molecule has 4 heteroatoms. The summed E-state index contributed by atoms with van der Waals surface area (Å²) < 4.78 is 0. The van der Waals surface area contributed by atoms with E-state index in [1.54, 1.807) is 18.3 Å². The summed E-state index contributed by atoms with van der Waals surface area (Å²) in [6.07, 6.45) is 1.09. The average molecular weight is 355 g/mol. The second-order valence-electron chi connectivity index (χ2n) is 7.52. The lowest BCUT2D eigenvalue weighted by Crippen LogP contribution is -2.47. The molecule has 2 saturated heterocycles. The van der Waals surface area contributed by atoms with E-state index in [9.17, 15) is 4.79 Å². The summed E-state index contributed by atoms with van der Waals surface area (Å²) in [5.74, 6) is 1.27. The molecule has 3 nitrogen and oxygen atoms in total. The molecule has 132 valence electrons. The van der Waals surface area contributed by atoms with Crippen LogP contribution in [0.25, 0.3) is 0 Å². The van der Waals surface area contributed by atoms with Crippen molar-refractivity contribution < 1.29 is 4.79 Å². The molecule has 2 aromatic rings. The normalized spacial score (nSPS) is 26.6. The summed E-state index contributed by atoms with van der Waals surface area (Å²) in [4.78, 5) is 16.9. The number of fused-ring (bicyclic) bond motifs is 1. The zero-order valence-electron chi connectivity index (χ0n) is 15.0. The van der Waals surface area contributed by atoms with Crippen LogP contribution in [0.4, 0.5) is 0 Å². The number of aryl methyl sites for hydroxylation is 1. The van der Waals surface area contributed by atoms with Crippen LogP contribution in [-0.2, 0) is 11.3 Å². The molecule has 4 rings (SSSR count). The number of rotatable bonds is 3. The Kier molecular flexibility index (Phi) is 4.65. The predicted octanol–water partition coefficient (Wildman–Crippen LogP) is 3.89. The summed E-state index contributed by atoms with van der Waals surface area (Å²) in [6.45, 7) is 8.00. The molecule has 2 fully saturated rings. The molecule has 1 amide bonds. The number of hydrogen-bond donors (Lipinski definition) is 0. The minimum Gasteiger partial charge on any atom is -0.339 e. The summed E-state index contributed by atoms with van der Waals surface area (Å²) in [6, 6.07) is 11.3. The van der Waals surface area contributed by atoms with Gasteiger partial charge in [0.1, 0.15) is 0 Å². The molecule has 0 N–H and O–H groups in total. The van der Waals surface area contributed by atoms with E-state index < -0.39 is 0 Å². The molecule has 2 aliphatic rings. The van der Waals surface area contributed by atoms with Crippen LogP contribution < -0.4 is 0 Å². The van der Waals surface area contributed by atoms with Crippen molar-refractivity contribution in [3.63, 3.8) is 0 Å². The molecule has 3 heterocycles. The third-order valence-electron chi connectivity index (χ3n) is 6.05. The molecular formula is C21H26N2OS. The standard InChI is InChI=1S/C21H26N2OS/c1-15-5-3-4-6-17(15)11-22-9-7-21-20(12-22)19(13-23(21)16(2)24)18-8-10-25-14-18/h3-6,8,10,14,19-21H,7,9,11-13H2,1-2H3/t19-,20-,21-/m0/s1. The van der Waals surface area contributed by atoms with E-state index in [-0.39, 0.29) is 5.91 Å². The lowest BCUT2D eigenvalue weighted by atomic mass is 9.82. The van der Waals surface area contributed by atoms with Gasteiger partial charge in [0.2, 0.25) is 5.91 Å². The maximum absolute atomic E-state index is 12.1. The number of carbonyl (C=O) groups excluding carboxylic acids is 1. The van der Waals surface area contributed by atoms with Crippen molar-refractivity contribution in [1.29, 1.82) is 0 Å². The van der Waals surface area contributed by atoms with Gasteiger partial charge in [-0.25, -0.2) is 0 Å². The highest BCUT2D eigenvalue weighted by atomic mass is 32.1. The molecule has 0 bridgehead atoms. The van der Waals surface area contributed by atoms with E-state index in [2.05, 4.69) is 57.8 Å². The highest BCUT2D eigenvalue weighted by Crippen LogP contribution is 2.42. The first-order valence-electron chi connectivity index (χ1n) is 9.19. The SMILES string of the molecule is CC(=O)N1C[C@@H](c2ccsc2)[C@@H]2CN(Cc3ccccc3C)CC[C@@H]21. The van der Waals surface area contributed by atoms with Gasteiger partial charge in [-0.2, -0.15) is 11.3 Å². The van der Waals surface area contributed by atoms with Crippen molar-refractivity contribution in [2.24, 2.45) is 5.92 Å². The van der Waals surface area contributed by atoms with Gasteiger partial charge >= 0.3 is 0 Å². The van der Waals surface area contributed by atoms with Crippen molar-refractivity contribution in [2.75, 3.05) is 19.6 Å². The van der Waals surface area contributed by atoms with Crippen molar-refractivity contribution in [3.05, 3.63) is 57.8 Å². The molecule has 0 aliphatic carbocycles. The molecule has 25 heavy (non-hydrogen) atoms. The first kappa shape index (κ1) is 16.8. The highest BCUT2D eigenvalue weighted by Gasteiger charge is 2.46. The molecule has 0 saturated carbocycles. The first-order chi connectivity index (χ1) is 12.1. The van der Waals surface area contributed by atoms with Crippen LogP contribution in [0.15, 0.2) is 41.1 Å². The Bertz CT molecular complexity index is 742. The van der Waals surface area contributed by atoms with Gasteiger partial charge in [-0.3, -0.25) is 9.69 Å². The Hall–Kier alpha value is -1.65. The van der Waals surface area contributed by atoms with Gasteiger partial charge in [-0.1, -0.05) is 24.3 Å². The Morgan fingerprint density at radius 3 is 2.80 bits per heavy atom. The second kappa shape index (κ2) is 6.93. The number of amides is 1. The maximum atomic E-state index is 12.1. The Morgan fingerprint density at radius 1 is 1.24 bits per heavy atom. The number of nitrogens with zero attached hydrogens (tertiary/aromatic N) is 2. The Balaban J connectivity index is 1.54. The van der Waals surface area contributed by atoms with Gasteiger partial charge in [0.05, 0.1) is 0 Å². The molecule has 3 atom stereocenters. The van der Waals surface area contributed by atoms with E-state index in [1.165, 1.54) is 16.7 Å². The van der Waals surface area contributed by atoms with E-state index in [0.29, 0.717) is 17.9 Å². The van der Waals surface area contributed by atoms with Crippen LogP contribution in [0.1, 0.15) is 36.0 Å². The molecule has 1 aromatic carbocycles. The summed E-state index contributed by atoms with van der Waals surface area (Å²) in [5.41, 5.74) is 4.21. The lowest BCUT2D eigenvalue weighted by Gasteiger charge is -2.39. The van der Waals surface area contributed by atoms with Crippen molar-refractivity contribution in [2.45, 2.75) is 38.8 Å². The minimum absolute atomic E-state index is 0.236. The van der Waals surface area contributed by atoms with Crippen molar-refractivity contribution in [3.8, 4) is 0 Å². The number of hydrogen-bond acceptors (Lipinski definition) is 3. The average Bonchev–Trinajstić information content (AvgIpc) is 3.24. The van der Waals surface area contributed by atoms with Crippen LogP contribution >= 0.6 is 11.3 Å². The second-order valence-corrected chi connectivity index (χ2v) is 8.30. The smallest absolute Gasteiger partial charge is 0.219 e. The fourth-order valence-electron chi connectivity index (χ4n) is 4.68. The summed E-state index contributed by atoms with van der Waals surface area (Å²) in [7, 11) is 0. The number of carbonyl (C=O) groups is 1. The monoisotopic (exact) mass is 354 g/mol. The van der Waals surface area contributed by atoms with Gasteiger partial charge in [0, 0.05) is 51.0 Å². The van der Waals surface area contributed by atoms with Gasteiger partial charge in [-0.05, 0) is 46.9 Å². The molecular weight excluding hydrogens is 328 g/mol. The van der Waals surface area contributed by atoms with Crippen LogP contribution in [0.2, 0.25) is 0 Å². The lowest BCUT2D eigenvalue weighted by molar-refractivity contribution is -0.130. The largest absolute Gasteiger partial charge is 0.339 e. The predicted molar refractivity (Wildman–Crippen MR) is 103 cm³/mol. The third kappa shape index (κ3) is 3.25. The number of piperidine rings is 1. The Morgan fingerprint density at radius 2 is 2.08 bits per heavy atom. The van der Waals surface area contributed by atoms with Crippen LogP contribution in [-0.4, -0.2) is 41.4 Å². The zero-order valence-corrected chi connectivity index (χ0v) is 15.8. The van der Waals surface area contributed by atoms with Gasteiger partial charge in [-0.15, -0.1) is 0 Å². The fraction of sp³-hybridized carbons (Fsp3) is 0.476. The maximum Gasteiger partial charge on any atom is 0.219 e. The summed E-state index contributed by atoms with van der Waals surface area (Å²) in [5, 5.41) is 4.43. The van der Waals surface area contributed by atoms with Gasteiger partial charge in [0.15, 0.2) is 0 Å². The minimum atomic E-state index is 0.236. The number of benzene rings is 1. The van der Waals surface area contributed by atoms with Crippen LogP contribution in [0.3, 0.4) is 0 Å². The van der Waals surface area contributed by atoms with E-state index >= 15 is 0 Å². The molecule has 1 aromatic heterocycles. The quantitative estimate of drug-likeness (QED) is 0.835. The van der Waals surface area contributed by atoms with E-state index in [4.69, 9.17) is 0 Å². The number of thiophene rings is 1. The first-order valence-corrected chi connectivity index (χ1v) is 10.1. The fourth-order valence-corrected chi connectivity index (χ4v) is 5.40. The molecule has 2 aliphatic heterocycles. The molecule has 0 unspecified atom stereocenters. The number of likely N-dealkylation sites (tertiary alicyclic amines) is 2.